The summed E-state index contributed by atoms with van der Waals surface area (Å²) in [6.07, 6.45) is -3.44. The van der Waals surface area contributed by atoms with E-state index in [1.54, 1.807) is 19.9 Å². The highest BCUT2D eigenvalue weighted by Crippen LogP contribution is 2.33. The fourth-order valence-corrected chi connectivity index (χ4v) is 8.57. The molecule has 338 valence electrons. The van der Waals surface area contributed by atoms with Crippen molar-refractivity contribution in [2.45, 2.75) is 107 Å². The first-order chi connectivity index (χ1) is 29.3. The summed E-state index contributed by atoms with van der Waals surface area (Å²) in [4.78, 5) is 128. The molecule has 9 amide bonds. The van der Waals surface area contributed by atoms with Crippen molar-refractivity contribution in [2.24, 2.45) is 17.6 Å². The lowest BCUT2D eigenvalue weighted by Gasteiger charge is -2.32. The van der Waals surface area contributed by atoms with E-state index in [0.717, 1.165) is 16.7 Å². The van der Waals surface area contributed by atoms with E-state index in [9.17, 15) is 58.5 Å². The molecule has 10 atom stereocenters. The lowest BCUT2D eigenvalue weighted by Crippen LogP contribution is -2.61. The number of hydrogen-bond donors (Lipinski definition) is 12. The van der Waals surface area contributed by atoms with Gasteiger partial charge in [-0.25, -0.2) is 0 Å². The number of aliphatic hydroxyl groups excluding tert-OH is 2. The number of phenols is 1. The Morgan fingerprint density at radius 1 is 0.855 bits per heavy atom. The Balaban J connectivity index is 1.70. The van der Waals surface area contributed by atoms with Crippen LogP contribution >= 0.6 is 11.8 Å². The number of nitrogens with zero attached hydrogens (tertiary/aromatic N) is 1. The van der Waals surface area contributed by atoms with Gasteiger partial charge >= 0.3 is 0 Å². The van der Waals surface area contributed by atoms with E-state index in [1.165, 1.54) is 26.0 Å². The zero-order chi connectivity index (χ0) is 45.6. The van der Waals surface area contributed by atoms with Crippen LogP contribution in [0, 0.1) is 11.8 Å². The molecule has 62 heavy (non-hydrogen) atoms. The number of phenolic OH excluding ortho intramolecular Hbond substituents is 1. The molecule has 4 heterocycles. The highest BCUT2D eigenvalue weighted by molar-refractivity contribution is 7.99. The number of nitrogens with two attached hydrogens (primary N) is 1. The zero-order valence-electron chi connectivity index (χ0n) is 34.6. The lowest BCUT2D eigenvalue weighted by molar-refractivity contribution is -0.144. The second kappa shape index (κ2) is 20.3. The van der Waals surface area contributed by atoms with Crippen molar-refractivity contribution >= 4 is 75.8 Å². The third-order valence-corrected chi connectivity index (χ3v) is 12.5. The molecule has 13 N–H and O–H groups in total. The van der Waals surface area contributed by atoms with Crippen LogP contribution in [0.3, 0.4) is 0 Å². The van der Waals surface area contributed by atoms with Gasteiger partial charge in [-0.2, -0.15) is 0 Å². The number of nitrogens with one attached hydrogen (secondary N) is 8. The van der Waals surface area contributed by atoms with Gasteiger partial charge in [0.2, 0.25) is 53.2 Å². The molecule has 1 aromatic heterocycles. The monoisotopic (exact) mass is 886 g/mol. The molecule has 1 aromatic carbocycles. The van der Waals surface area contributed by atoms with Crippen LogP contribution in [0.2, 0.25) is 0 Å². The van der Waals surface area contributed by atoms with Crippen molar-refractivity contribution in [3.63, 3.8) is 0 Å². The van der Waals surface area contributed by atoms with Gasteiger partial charge in [-0.3, -0.25) is 43.2 Å². The normalized spacial score (nSPS) is 27.8. The Hall–Kier alpha value is -5.94. The summed E-state index contributed by atoms with van der Waals surface area (Å²) in [5, 5.41) is 50.2. The molecule has 0 radical (unpaired) electrons. The molecular formula is C39H54N10O12S. The molecule has 3 aliphatic rings. The Morgan fingerprint density at radius 3 is 2.19 bits per heavy atom. The first kappa shape index (κ1) is 47.1. The van der Waals surface area contributed by atoms with E-state index in [4.69, 9.17) is 5.73 Å². The van der Waals surface area contributed by atoms with Crippen LogP contribution < -0.4 is 43.0 Å². The molecule has 3 aliphatic heterocycles. The summed E-state index contributed by atoms with van der Waals surface area (Å²) in [7, 11) is 0. The van der Waals surface area contributed by atoms with E-state index < -0.39 is 140 Å². The minimum atomic E-state index is -1.71. The second-order valence-corrected chi connectivity index (χ2v) is 17.0. The van der Waals surface area contributed by atoms with Crippen LogP contribution in [-0.2, 0) is 49.6 Å². The van der Waals surface area contributed by atoms with E-state index in [0.29, 0.717) is 27.9 Å². The largest absolute Gasteiger partial charge is 0.508 e. The minimum absolute atomic E-state index is 0.127. The number of benzene rings is 1. The predicted molar refractivity (Wildman–Crippen MR) is 220 cm³/mol. The maximum atomic E-state index is 14.4. The Kier molecular flexibility index (Phi) is 15.4. The molecule has 10 unspecified atom stereocenters. The van der Waals surface area contributed by atoms with Crippen LogP contribution in [0.1, 0.15) is 52.5 Å². The quantitative estimate of drug-likeness (QED) is 0.132. The van der Waals surface area contributed by atoms with Gasteiger partial charge in [0.05, 0.1) is 42.3 Å². The van der Waals surface area contributed by atoms with Crippen LogP contribution in [0.15, 0.2) is 23.2 Å². The third kappa shape index (κ3) is 11.3. The number of H-pyrrole nitrogens is 1. The molecular weight excluding hydrogens is 833 g/mol. The van der Waals surface area contributed by atoms with Gasteiger partial charge in [-0.1, -0.05) is 27.2 Å². The summed E-state index contributed by atoms with van der Waals surface area (Å²) in [6.45, 7) is 4.55. The number of hydrogen-bond acceptors (Lipinski definition) is 13. The molecule has 0 saturated carbocycles. The number of aromatic hydroxyl groups is 1. The zero-order valence-corrected chi connectivity index (χ0v) is 35.4. The van der Waals surface area contributed by atoms with Crippen LogP contribution in [-0.4, -0.2) is 152 Å². The molecule has 0 spiro atoms. The van der Waals surface area contributed by atoms with Gasteiger partial charge in [0.1, 0.15) is 42.0 Å². The van der Waals surface area contributed by atoms with Gasteiger partial charge in [-0.15, -0.1) is 11.8 Å². The van der Waals surface area contributed by atoms with Crippen molar-refractivity contribution in [3.05, 3.63) is 23.8 Å². The number of carbonyl (C=O) groups excluding carboxylic acids is 9. The second-order valence-electron chi connectivity index (χ2n) is 15.9. The van der Waals surface area contributed by atoms with Gasteiger partial charge in [0.25, 0.3) is 0 Å². The van der Waals surface area contributed by atoms with E-state index in [-0.39, 0.29) is 24.3 Å². The van der Waals surface area contributed by atoms with Crippen molar-refractivity contribution in [1.29, 1.82) is 0 Å². The van der Waals surface area contributed by atoms with Gasteiger partial charge in [0, 0.05) is 42.5 Å². The summed E-state index contributed by atoms with van der Waals surface area (Å²) < 4.78 is 0. The number of carbonyl (C=O) groups is 9. The smallest absolute Gasteiger partial charge is 0.246 e. The maximum absolute atomic E-state index is 14.4. The number of aromatic amines is 1. The summed E-state index contributed by atoms with van der Waals surface area (Å²) in [5.74, 6) is -10.0. The highest BCUT2D eigenvalue weighted by Gasteiger charge is 2.44. The number of primary amides is 1. The number of aliphatic hydroxyl groups is 2. The summed E-state index contributed by atoms with van der Waals surface area (Å²) in [6, 6.07) is -4.58. The first-order valence-corrected chi connectivity index (χ1v) is 21.2. The van der Waals surface area contributed by atoms with E-state index in [2.05, 4.69) is 42.2 Å². The van der Waals surface area contributed by atoms with E-state index >= 15 is 0 Å². The first-order valence-electron chi connectivity index (χ1n) is 20.2. The van der Waals surface area contributed by atoms with Gasteiger partial charge < -0.3 is 68.2 Å². The maximum Gasteiger partial charge on any atom is 0.246 e. The standard InChI is InChI=1S/C39H54N10O12S/c1-5-16(2)31-36(59)42-12-29(54)43-26-15-62-38-22(21-7-6-19(51)8-23(21)46-38)10-24(33(56)41-13-30(55)47-31)44-37(60)32(17(3)18(4)50)48-35(58)27-9-20(52)14-49(27)39(61)25(11-28(40)53)45-34(26)57/h6-8,16-18,20,24-27,31-32,46,50-52H,5,9-15H2,1-4H3,(H2,40,53)(H,41,56)(H,42,59)(H,43,54)(H,44,60)(H,45,57)(H,47,55)(H,48,58). The Bertz CT molecular complexity index is 2100. The van der Waals surface area contributed by atoms with Crippen molar-refractivity contribution in [1.82, 2.24) is 47.1 Å². The molecule has 1 fully saturated rings. The van der Waals surface area contributed by atoms with Crippen LogP contribution in [0.25, 0.3) is 10.9 Å². The number of fused-ring (bicyclic) bond motifs is 5. The molecule has 23 heteroatoms. The number of rotatable bonds is 6. The third-order valence-electron chi connectivity index (χ3n) is 11.3. The van der Waals surface area contributed by atoms with Crippen LogP contribution in [0.5, 0.6) is 5.75 Å². The molecule has 2 aromatic rings. The Morgan fingerprint density at radius 2 is 1.53 bits per heavy atom. The average molecular weight is 887 g/mol. The van der Waals surface area contributed by atoms with Gasteiger partial charge in [-0.05, 0) is 30.5 Å². The molecule has 5 rings (SSSR count). The minimum Gasteiger partial charge on any atom is -0.508 e. The molecule has 22 nitrogen and oxygen atoms in total. The van der Waals surface area contributed by atoms with Crippen molar-refractivity contribution < 1.29 is 58.5 Å². The lowest BCUT2D eigenvalue weighted by atomic mass is 9.94. The molecule has 2 bridgehead atoms. The topological polar surface area (TPSA) is 344 Å². The van der Waals surface area contributed by atoms with Gasteiger partial charge in [0.15, 0.2) is 0 Å². The van der Waals surface area contributed by atoms with E-state index in [1.807, 2.05) is 0 Å². The summed E-state index contributed by atoms with van der Waals surface area (Å²) in [5.41, 5.74) is 6.26. The number of thioether (sulfide) groups is 1. The predicted octanol–water partition coefficient (Wildman–Crippen LogP) is -3.91. The summed E-state index contributed by atoms with van der Waals surface area (Å²) >= 11 is 0.974. The Labute approximate surface area is 360 Å². The number of aromatic nitrogens is 1. The fraction of sp³-hybridized carbons (Fsp3) is 0.564. The van der Waals surface area contributed by atoms with Crippen molar-refractivity contribution in [3.8, 4) is 5.75 Å². The molecule has 1 saturated heterocycles. The fourth-order valence-electron chi connectivity index (χ4n) is 7.45. The average Bonchev–Trinajstić information content (AvgIpc) is 3.78. The van der Waals surface area contributed by atoms with Crippen LogP contribution in [0.4, 0.5) is 0 Å². The van der Waals surface area contributed by atoms with Crippen molar-refractivity contribution in [2.75, 3.05) is 25.4 Å². The number of amides is 9. The highest BCUT2D eigenvalue weighted by atomic mass is 32.2. The SMILES string of the molecule is CCC(C)C1NC(=O)CNC(=O)C2Cc3c([nH]c4cc(O)ccc34)SCC(NC(=O)CNC1=O)C(=O)NC(CC(N)=O)C(=O)N1CC(O)CC1C(=O)NC(C(C)C(C)O)C(=O)N2. The molecule has 0 aliphatic carbocycles.